The number of rotatable bonds is 5. The Kier molecular flexibility index (Phi) is 6.30. The van der Waals surface area contributed by atoms with Crippen molar-refractivity contribution < 1.29 is 19.4 Å². The smallest absolute Gasteiger partial charge is 0.288 e. The van der Waals surface area contributed by atoms with Gasteiger partial charge < -0.3 is 0 Å². The van der Waals surface area contributed by atoms with E-state index < -0.39 is 11.8 Å². The predicted octanol–water partition coefficient (Wildman–Crippen LogP) is 5.68. The van der Waals surface area contributed by atoms with Gasteiger partial charge >= 0.3 is 5.97 Å². The number of nitrogens with zero attached hydrogens (tertiary/aromatic N) is 2. The third kappa shape index (κ3) is 4.50. The van der Waals surface area contributed by atoms with E-state index in [4.69, 9.17) is 39.7 Å². The molecular formula is C18H10BrCl3N2O4. The van der Waals surface area contributed by atoms with Crippen molar-refractivity contribution in [2.45, 2.75) is 6.92 Å². The van der Waals surface area contributed by atoms with Crippen LogP contribution in [0, 0.1) is 0 Å². The second-order valence-electron chi connectivity index (χ2n) is 5.52. The van der Waals surface area contributed by atoms with Gasteiger partial charge in [-0.1, -0.05) is 50.7 Å². The summed E-state index contributed by atoms with van der Waals surface area (Å²) in [4.78, 5) is 33.4. The van der Waals surface area contributed by atoms with Crippen molar-refractivity contribution in [3.05, 3.63) is 73.4 Å². The number of carbonyl (C=O) groups excluding carboxylic acids is 2. The summed E-state index contributed by atoms with van der Waals surface area (Å²) in [7, 11) is 0. The van der Waals surface area contributed by atoms with Crippen LogP contribution in [-0.4, -0.2) is 21.5 Å². The molecule has 0 atom stereocenters. The first-order valence-electron chi connectivity index (χ1n) is 7.65. The first kappa shape index (κ1) is 20.7. The average molecular weight is 505 g/mol. The second kappa shape index (κ2) is 8.53. The Labute approximate surface area is 183 Å². The van der Waals surface area contributed by atoms with Gasteiger partial charge in [-0.15, -0.1) is 0 Å². The molecule has 6 nitrogen and oxygen atoms in total. The summed E-state index contributed by atoms with van der Waals surface area (Å²) in [6.45, 7) is 1.18. The van der Waals surface area contributed by atoms with Gasteiger partial charge in [0.25, 0.3) is 0 Å². The van der Waals surface area contributed by atoms with Crippen LogP contribution in [-0.2, 0) is 9.68 Å². The van der Waals surface area contributed by atoms with Crippen molar-refractivity contribution in [2.75, 3.05) is 0 Å². The number of hydrogen-bond donors (Lipinski definition) is 0. The van der Waals surface area contributed by atoms with E-state index >= 15 is 0 Å². The molecule has 0 amide bonds. The van der Waals surface area contributed by atoms with Crippen LogP contribution in [0.5, 0.6) is 5.75 Å². The molecule has 0 radical (unpaired) electrons. The molecule has 3 rings (SSSR count). The lowest BCUT2D eigenvalue weighted by Crippen LogP contribution is -2.08. The van der Waals surface area contributed by atoms with Gasteiger partial charge in [0, 0.05) is 22.6 Å². The van der Waals surface area contributed by atoms with Gasteiger partial charge in [0.15, 0.2) is 11.5 Å². The molecule has 0 saturated carbocycles. The second-order valence-corrected chi connectivity index (χ2v) is 7.69. The Morgan fingerprint density at radius 2 is 1.79 bits per heavy atom. The van der Waals surface area contributed by atoms with E-state index in [9.17, 15) is 9.59 Å². The molecule has 0 aliphatic carbocycles. The van der Waals surface area contributed by atoms with Crippen LogP contribution in [0.3, 0.4) is 0 Å². The van der Waals surface area contributed by atoms with E-state index in [1.165, 1.54) is 42.2 Å². The number of carbonyl (C=O) groups is 2. The van der Waals surface area contributed by atoms with E-state index in [0.717, 1.165) is 0 Å². The maximum Gasteiger partial charge on any atom is 0.352 e. The molecular weight excluding hydrogens is 494 g/mol. The fourth-order valence-corrected chi connectivity index (χ4v) is 3.68. The summed E-state index contributed by atoms with van der Waals surface area (Å²) in [6.07, 6.45) is 2.83. The van der Waals surface area contributed by atoms with Gasteiger partial charge in [0.05, 0.1) is 27.4 Å². The molecule has 0 fully saturated rings. The summed E-state index contributed by atoms with van der Waals surface area (Å²) < 4.78 is 2.01. The van der Waals surface area contributed by atoms with Crippen LogP contribution < -0.4 is 4.89 Å². The molecule has 0 aliphatic heterocycles. The zero-order chi connectivity index (χ0) is 20.4. The van der Waals surface area contributed by atoms with Crippen LogP contribution in [0.4, 0.5) is 0 Å². The predicted molar refractivity (Wildman–Crippen MR) is 109 cm³/mol. The standard InChI is InChI=1S/C18H10BrCl3N2O4/c1-9(25)27-28-16-3-2-11(19)4-13(16)18(26)10-7-23-24(8-10)17-14(21)5-12(20)6-15(17)22/h2-8H,1H3. The van der Waals surface area contributed by atoms with Crippen molar-refractivity contribution in [1.82, 2.24) is 9.78 Å². The topological polar surface area (TPSA) is 70.4 Å². The fourth-order valence-electron chi connectivity index (χ4n) is 2.33. The quantitative estimate of drug-likeness (QED) is 0.254. The van der Waals surface area contributed by atoms with Crippen LogP contribution in [0.25, 0.3) is 5.69 Å². The summed E-state index contributed by atoms with van der Waals surface area (Å²) in [5.74, 6) is -0.976. The van der Waals surface area contributed by atoms with E-state index in [2.05, 4.69) is 25.9 Å². The van der Waals surface area contributed by atoms with Gasteiger partial charge in [-0.05, 0) is 30.3 Å². The normalized spacial score (nSPS) is 10.6. The largest absolute Gasteiger partial charge is 0.352 e. The molecule has 0 bridgehead atoms. The number of hydrogen-bond acceptors (Lipinski definition) is 5. The van der Waals surface area contributed by atoms with Gasteiger partial charge in [-0.2, -0.15) is 5.10 Å². The average Bonchev–Trinajstić information content (AvgIpc) is 3.08. The SMILES string of the molecule is CC(=O)OOc1ccc(Br)cc1C(=O)c1cnn(-c2c(Cl)cc(Cl)cc2Cl)c1. The Morgan fingerprint density at radius 3 is 2.43 bits per heavy atom. The first-order valence-corrected chi connectivity index (χ1v) is 9.58. The molecule has 0 spiro atoms. The fraction of sp³-hybridized carbons (Fsp3) is 0.0556. The molecule has 0 N–H and O–H groups in total. The van der Waals surface area contributed by atoms with Gasteiger partial charge in [-0.25, -0.2) is 9.48 Å². The minimum absolute atomic E-state index is 0.0821. The first-order chi connectivity index (χ1) is 13.3. The molecule has 2 aromatic carbocycles. The van der Waals surface area contributed by atoms with Crippen molar-refractivity contribution in [3.63, 3.8) is 0 Å². The highest BCUT2D eigenvalue weighted by Crippen LogP contribution is 2.32. The van der Waals surface area contributed by atoms with E-state index in [0.29, 0.717) is 15.2 Å². The lowest BCUT2D eigenvalue weighted by molar-refractivity contribution is -0.211. The van der Waals surface area contributed by atoms with E-state index in [1.54, 1.807) is 12.1 Å². The number of ketones is 1. The Hall–Kier alpha value is -2.06. The monoisotopic (exact) mass is 502 g/mol. The molecule has 10 heteroatoms. The number of benzene rings is 2. The van der Waals surface area contributed by atoms with Crippen molar-refractivity contribution >= 4 is 62.5 Å². The highest BCUT2D eigenvalue weighted by Gasteiger charge is 2.20. The van der Waals surface area contributed by atoms with E-state index in [-0.39, 0.29) is 26.9 Å². The lowest BCUT2D eigenvalue weighted by Gasteiger charge is -2.08. The molecule has 0 unspecified atom stereocenters. The third-order valence-electron chi connectivity index (χ3n) is 3.49. The zero-order valence-corrected chi connectivity index (χ0v) is 17.9. The van der Waals surface area contributed by atoms with Gasteiger partial charge in [-0.3, -0.25) is 14.6 Å². The van der Waals surface area contributed by atoms with Crippen LogP contribution in [0.1, 0.15) is 22.8 Å². The van der Waals surface area contributed by atoms with Crippen LogP contribution >= 0.6 is 50.7 Å². The van der Waals surface area contributed by atoms with Crippen molar-refractivity contribution in [1.29, 1.82) is 0 Å². The number of aromatic nitrogens is 2. The van der Waals surface area contributed by atoms with Gasteiger partial charge in [0.1, 0.15) is 5.69 Å². The molecule has 28 heavy (non-hydrogen) atoms. The molecule has 1 aromatic heterocycles. The Bertz CT molecular complexity index is 1060. The summed E-state index contributed by atoms with van der Waals surface area (Å²) in [5, 5.41) is 5.09. The summed E-state index contributed by atoms with van der Waals surface area (Å²) in [6, 6.07) is 7.73. The minimum atomic E-state index is -0.652. The molecule has 0 saturated heterocycles. The maximum atomic E-state index is 13.0. The highest BCUT2D eigenvalue weighted by atomic mass is 79.9. The summed E-state index contributed by atoms with van der Waals surface area (Å²) >= 11 is 21.6. The molecule has 1 heterocycles. The molecule has 3 aromatic rings. The highest BCUT2D eigenvalue weighted by molar-refractivity contribution is 9.10. The van der Waals surface area contributed by atoms with Crippen LogP contribution in [0.15, 0.2) is 47.2 Å². The Balaban J connectivity index is 1.98. The maximum absolute atomic E-state index is 13.0. The zero-order valence-electron chi connectivity index (χ0n) is 14.1. The van der Waals surface area contributed by atoms with Crippen molar-refractivity contribution in [2.24, 2.45) is 0 Å². The molecule has 144 valence electrons. The van der Waals surface area contributed by atoms with E-state index in [1.807, 2.05) is 0 Å². The third-order valence-corrected chi connectivity index (χ3v) is 4.78. The lowest BCUT2D eigenvalue weighted by atomic mass is 10.1. The van der Waals surface area contributed by atoms with Crippen molar-refractivity contribution in [3.8, 4) is 11.4 Å². The minimum Gasteiger partial charge on any atom is -0.288 e. The Morgan fingerprint density at radius 1 is 1.11 bits per heavy atom. The molecule has 0 aliphatic rings. The van der Waals surface area contributed by atoms with Gasteiger partial charge in [0.2, 0.25) is 0 Å². The van der Waals surface area contributed by atoms with Crippen LogP contribution in [0.2, 0.25) is 15.1 Å². The number of halogens is 4. The summed E-state index contributed by atoms with van der Waals surface area (Å²) in [5.41, 5.74) is 0.800.